The molecule has 0 aliphatic rings. The van der Waals surface area contributed by atoms with E-state index in [0.717, 1.165) is 0 Å². The van der Waals surface area contributed by atoms with Gasteiger partial charge in [0.25, 0.3) is 0 Å². The van der Waals surface area contributed by atoms with Crippen molar-refractivity contribution in [1.29, 1.82) is 0 Å². The van der Waals surface area contributed by atoms with Crippen LogP contribution in [-0.4, -0.2) is 65.9 Å². The zero-order valence-corrected chi connectivity index (χ0v) is 19.5. The van der Waals surface area contributed by atoms with Crippen molar-refractivity contribution in [3.63, 3.8) is 0 Å². The number of aliphatic hydroxyl groups is 1. The molecule has 0 aliphatic carbocycles. The summed E-state index contributed by atoms with van der Waals surface area (Å²) in [5.41, 5.74) is 0.441. The normalized spacial score (nSPS) is 13.6. The minimum Gasteiger partial charge on any atom is -0.497 e. The monoisotopic (exact) mass is 466 g/mol. The number of amides is 4. The Hall–Kier alpha value is -3.34. The van der Waals surface area contributed by atoms with Gasteiger partial charge >= 0.3 is 12.0 Å². The van der Waals surface area contributed by atoms with Crippen LogP contribution < -0.4 is 26.0 Å². The zero-order valence-electron chi connectivity index (χ0n) is 19.5. The molecule has 1 rings (SSSR count). The van der Waals surface area contributed by atoms with E-state index in [1.54, 1.807) is 38.1 Å². The summed E-state index contributed by atoms with van der Waals surface area (Å²) in [5, 5.41) is 28.7. The largest absolute Gasteiger partial charge is 0.497 e. The van der Waals surface area contributed by atoms with Crippen LogP contribution in [0.2, 0.25) is 0 Å². The maximum absolute atomic E-state index is 12.7. The lowest BCUT2D eigenvalue weighted by Gasteiger charge is -2.26. The number of carbonyl (C=O) groups is 4. The van der Waals surface area contributed by atoms with Crippen LogP contribution >= 0.6 is 0 Å². The average Bonchev–Trinajstić information content (AvgIpc) is 2.74. The molecule has 0 heterocycles. The third-order valence-electron chi connectivity index (χ3n) is 4.72. The molecule has 3 atom stereocenters. The molecular formula is C22H34N4O7. The molecule has 0 fully saturated rings. The molecule has 1 aromatic rings. The Morgan fingerprint density at radius 3 is 1.94 bits per heavy atom. The smallest absolute Gasteiger partial charge is 0.326 e. The molecule has 0 radical (unpaired) electrons. The van der Waals surface area contributed by atoms with Crippen LogP contribution in [0, 0.1) is 11.8 Å². The van der Waals surface area contributed by atoms with Crippen molar-refractivity contribution in [2.24, 2.45) is 11.8 Å². The van der Waals surface area contributed by atoms with E-state index in [-0.39, 0.29) is 18.3 Å². The fourth-order valence-corrected chi connectivity index (χ4v) is 2.94. The molecule has 1 aromatic carbocycles. The van der Waals surface area contributed by atoms with Crippen molar-refractivity contribution < 1.29 is 34.1 Å². The van der Waals surface area contributed by atoms with Gasteiger partial charge in [0.15, 0.2) is 0 Å². The second kappa shape index (κ2) is 13.3. The first-order chi connectivity index (χ1) is 15.5. The van der Waals surface area contributed by atoms with Gasteiger partial charge in [0.05, 0.1) is 13.7 Å². The van der Waals surface area contributed by atoms with E-state index in [9.17, 15) is 29.4 Å². The number of carbonyl (C=O) groups excluding carboxylic acids is 3. The number of aliphatic hydroxyl groups excluding tert-OH is 1. The molecule has 11 nitrogen and oxygen atoms in total. The standard InChI is InChI=1S/C22H34N4O7/c1-12(2)10-16(19(28)26-18(13(3)4)21(30)31)24-20(29)17(11-27)25-22(32)23-14-6-8-15(33-5)9-7-14/h6-9,12-13,16-18,27H,10-11H2,1-5H3,(H,24,29)(H,26,28)(H,30,31)(H2,23,25,32)/t16-,17-,18-/m0/s1. The van der Waals surface area contributed by atoms with Gasteiger partial charge in [-0.3, -0.25) is 9.59 Å². The topological polar surface area (TPSA) is 166 Å². The summed E-state index contributed by atoms with van der Waals surface area (Å²) in [6.45, 7) is 6.29. The predicted octanol–water partition coefficient (Wildman–Crippen LogP) is 0.934. The number of hydrogen-bond donors (Lipinski definition) is 6. The molecule has 0 saturated carbocycles. The SMILES string of the molecule is COc1ccc(NC(=O)N[C@@H](CO)C(=O)N[C@@H](CC(C)C)C(=O)N[C@H](C(=O)O)C(C)C)cc1. The predicted molar refractivity (Wildman–Crippen MR) is 122 cm³/mol. The summed E-state index contributed by atoms with van der Waals surface area (Å²) in [5.74, 6) is -2.38. The molecule has 0 saturated heterocycles. The van der Waals surface area contributed by atoms with Crippen LogP contribution in [0.5, 0.6) is 5.75 Å². The van der Waals surface area contributed by atoms with E-state index in [1.807, 2.05) is 13.8 Å². The molecule has 0 unspecified atom stereocenters. The first kappa shape index (κ1) is 27.7. The molecule has 0 aromatic heterocycles. The second-order valence-corrected chi connectivity index (χ2v) is 8.32. The van der Waals surface area contributed by atoms with E-state index >= 15 is 0 Å². The maximum atomic E-state index is 12.7. The number of anilines is 1. The summed E-state index contributed by atoms with van der Waals surface area (Å²) in [7, 11) is 1.51. The van der Waals surface area contributed by atoms with Gasteiger partial charge in [0.2, 0.25) is 11.8 Å². The van der Waals surface area contributed by atoms with Crippen molar-refractivity contribution >= 4 is 29.5 Å². The van der Waals surface area contributed by atoms with Crippen LogP contribution in [0.25, 0.3) is 0 Å². The van der Waals surface area contributed by atoms with E-state index < -0.39 is 48.5 Å². The number of urea groups is 1. The van der Waals surface area contributed by atoms with Crippen molar-refractivity contribution in [3.8, 4) is 5.75 Å². The molecule has 0 bridgehead atoms. The Morgan fingerprint density at radius 2 is 1.48 bits per heavy atom. The van der Waals surface area contributed by atoms with E-state index in [2.05, 4.69) is 21.3 Å². The Bertz CT molecular complexity index is 811. The Labute approximate surface area is 193 Å². The maximum Gasteiger partial charge on any atom is 0.326 e. The molecule has 0 aliphatic heterocycles. The summed E-state index contributed by atoms with van der Waals surface area (Å²) in [4.78, 5) is 49.0. The van der Waals surface area contributed by atoms with Crippen molar-refractivity contribution in [3.05, 3.63) is 24.3 Å². The van der Waals surface area contributed by atoms with Crippen LogP contribution in [0.15, 0.2) is 24.3 Å². The highest BCUT2D eigenvalue weighted by atomic mass is 16.5. The lowest BCUT2D eigenvalue weighted by atomic mass is 10.00. The van der Waals surface area contributed by atoms with Crippen LogP contribution in [0.3, 0.4) is 0 Å². The fourth-order valence-electron chi connectivity index (χ4n) is 2.94. The van der Waals surface area contributed by atoms with Gasteiger partial charge in [0, 0.05) is 5.69 Å². The van der Waals surface area contributed by atoms with Gasteiger partial charge in [-0.15, -0.1) is 0 Å². The van der Waals surface area contributed by atoms with Gasteiger partial charge in [-0.2, -0.15) is 0 Å². The highest BCUT2D eigenvalue weighted by Crippen LogP contribution is 2.15. The Balaban J connectivity index is 2.82. The molecule has 0 spiro atoms. The minimum absolute atomic E-state index is 0.00212. The van der Waals surface area contributed by atoms with Gasteiger partial charge in [-0.05, 0) is 42.5 Å². The summed E-state index contributed by atoms with van der Waals surface area (Å²) in [6, 6.07) is 2.26. The van der Waals surface area contributed by atoms with Crippen LogP contribution in [0.1, 0.15) is 34.1 Å². The second-order valence-electron chi connectivity index (χ2n) is 8.32. The first-order valence-electron chi connectivity index (χ1n) is 10.6. The third kappa shape index (κ3) is 9.36. The first-order valence-corrected chi connectivity index (χ1v) is 10.6. The molecule has 184 valence electrons. The molecule has 33 heavy (non-hydrogen) atoms. The molecule has 6 N–H and O–H groups in total. The quantitative estimate of drug-likeness (QED) is 0.266. The zero-order chi connectivity index (χ0) is 25.1. The fraction of sp³-hybridized carbons (Fsp3) is 0.545. The van der Waals surface area contributed by atoms with Crippen molar-refractivity contribution in [2.45, 2.75) is 52.2 Å². The molecule has 11 heteroatoms. The Morgan fingerprint density at radius 1 is 0.909 bits per heavy atom. The summed E-state index contributed by atoms with van der Waals surface area (Å²) >= 11 is 0. The molecular weight excluding hydrogens is 432 g/mol. The van der Waals surface area contributed by atoms with Gasteiger partial charge in [-0.1, -0.05) is 27.7 Å². The summed E-state index contributed by atoms with van der Waals surface area (Å²) in [6.07, 6.45) is 0.234. The molecule has 4 amide bonds. The van der Waals surface area contributed by atoms with Gasteiger partial charge < -0.3 is 36.2 Å². The van der Waals surface area contributed by atoms with Crippen molar-refractivity contribution in [2.75, 3.05) is 19.0 Å². The van der Waals surface area contributed by atoms with Crippen LogP contribution in [-0.2, 0) is 14.4 Å². The summed E-state index contributed by atoms with van der Waals surface area (Å²) < 4.78 is 5.04. The van der Waals surface area contributed by atoms with Crippen molar-refractivity contribution in [1.82, 2.24) is 16.0 Å². The lowest BCUT2D eigenvalue weighted by Crippen LogP contribution is -2.57. The number of hydrogen-bond acceptors (Lipinski definition) is 6. The number of carboxylic acids is 1. The number of carboxylic acid groups (broad SMARTS) is 1. The number of ether oxygens (including phenoxy) is 1. The highest BCUT2D eigenvalue weighted by Gasteiger charge is 2.31. The lowest BCUT2D eigenvalue weighted by molar-refractivity contribution is -0.143. The Kier molecular flexibility index (Phi) is 11.1. The highest BCUT2D eigenvalue weighted by molar-refractivity contribution is 5.96. The number of methoxy groups -OCH3 is 1. The average molecular weight is 467 g/mol. The number of aliphatic carboxylic acids is 1. The van der Waals surface area contributed by atoms with E-state index in [1.165, 1.54) is 7.11 Å². The third-order valence-corrected chi connectivity index (χ3v) is 4.72. The number of benzene rings is 1. The van der Waals surface area contributed by atoms with Crippen LogP contribution in [0.4, 0.5) is 10.5 Å². The number of nitrogens with one attached hydrogen (secondary N) is 4. The van der Waals surface area contributed by atoms with Gasteiger partial charge in [-0.25, -0.2) is 9.59 Å². The number of rotatable bonds is 12. The van der Waals surface area contributed by atoms with E-state index in [4.69, 9.17) is 4.74 Å². The van der Waals surface area contributed by atoms with Gasteiger partial charge in [0.1, 0.15) is 23.9 Å². The minimum atomic E-state index is -1.33. The van der Waals surface area contributed by atoms with E-state index in [0.29, 0.717) is 11.4 Å².